The molecule has 0 radical (unpaired) electrons. The fourth-order valence-corrected chi connectivity index (χ4v) is 1.90. The van der Waals surface area contributed by atoms with Gasteiger partial charge in [-0.2, -0.15) is 5.10 Å². The predicted molar refractivity (Wildman–Crippen MR) is 74.9 cm³/mol. The highest BCUT2D eigenvalue weighted by Gasteiger charge is 2.12. The smallest absolute Gasteiger partial charge is 0.285 e. The number of benzene rings is 1. The van der Waals surface area contributed by atoms with Gasteiger partial charge in [0.2, 0.25) is 0 Å². The van der Waals surface area contributed by atoms with Crippen molar-refractivity contribution in [1.29, 1.82) is 0 Å². The van der Waals surface area contributed by atoms with Gasteiger partial charge in [0.05, 0.1) is 19.0 Å². The van der Waals surface area contributed by atoms with Crippen LogP contribution in [0.3, 0.4) is 0 Å². The summed E-state index contributed by atoms with van der Waals surface area (Å²) in [6.07, 6.45) is 1.40. The monoisotopic (exact) mass is 297 g/mol. The lowest BCUT2D eigenvalue weighted by Gasteiger charge is -2.16. The Balaban J connectivity index is 2.24. The summed E-state index contributed by atoms with van der Waals surface area (Å²) in [7, 11) is 1.40. The number of aromatic amines is 1. The van der Waals surface area contributed by atoms with Crippen LogP contribution in [0, 0.1) is 5.82 Å². The van der Waals surface area contributed by atoms with E-state index in [1.807, 2.05) is 6.92 Å². The van der Waals surface area contributed by atoms with E-state index in [-0.39, 0.29) is 16.8 Å². The summed E-state index contributed by atoms with van der Waals surface area (Å²) in [4.78, 5) is 11.3. The van der Waals surface area contributed by atoms with Crippen LogP contribution in [0.1, 0.15) is 18.5 Å². The molecule has 0 bridgehead atoms. The molecule has 1 aromatic heterocycles. The average molecular weight is 298 g/mol. The number of hydrogen-bond donors (Lipinski definition) is 2. The summed E-state index contributed by atoms with van der Waals surface area (Å²) in [5.41, 5.74) is 0.601. The van der Waals surface area contributed by atoms with E-state index in [0.717, 1.165) is 0 Å². The van der Waals surface area contributed by atoms with Crippen LogP contribution in [0.15, 0.2) is 29.2 Å². The number of halogens is 2. The van der Waals surface area contributed by atoms with E-state index in [4.69, 9.17) is 16.3 Å². The van der Waals surface area contributed by atoms with E-state index in [1.165, 1.54) is 19.4 Å². The van der Waals surface area contributed by atoms with Crippen molar-refractivity contribution in [3.05, 3.63) is 51.2 Å². The number of aromatic nitrogens is 2. The van der Waals surface area contributed by atoms with Gasteiger partial charge in [-0.05, 0) is 24.6 Å². The van der Waals surface area contributed by atoms with Crippen LogP contribution in [0.2, 0.25) is 5.02 Å². The van der Waals surface area contributed by atoms with Gasteiger partial charge >= 0.3 is 0 Å². The molecule has 2 rings (SSSR count). The van der Waals surface area contributed by atoms with Crippen LogP contribution in [0.5, 0.6) is 5.75 Å². The molecule has 20 heavy (non-hydrogen) atoms. The first-order valence-electron chi connectivity index (χ1n) is 5.86. The molecule has 7 heteroatoms. The average Bonchev–Trinajstić information content (AvgIpc) is 2.43. The van der Waals surface area contributed by atoms with Crippen molar-refractivity contribution in [3.8, 4) is 5.75 Å². The quantitative estimate of drug-likeness (QED) is 0.910. The second kappa shape index (κ2) is 5.92. The van der Waals surface area contributed by atoms with Gasteiger partial charge in [-0.3, -0.25) is 4.79 Å². The van der Waals surface area contributed by atoms with Gasteiger partial charge in [-0.1, -0.05) is 17.7 Å². The van der Waals surface area contributed by atoms with E-state index >= 15 is 0 Å². The van der Waals surface area contributed by atoms with E-state index in [1.54, 1.807) is 12.1 Å². The third-order valence-corrected chi connectivity index (χ3v) is 3.22. The number of nitrogens with zero attached hydrogens (tertiary/aromatic N) is 1. The number of methoxy groups -OCH3 is 1. The van der Waals surface area contributed by atoms with Crippen LogP contribution in [0.25, 0.3) is 0 Å². The van der Waals surface area contributed by atoms with Gasteiger partial charge < -0.3 is 10.1 Å². The summed E-state index contributed by atoms with van der Waals surface area (Å²) in [5, 5.41) is 8.91. The highest BCUT2D eigenvalue weighted by atomic mass is 35.5. The Labute approximate surface area is 119 Å². The summed E-state index contributed by atoms with van der Waals surface area (Å²) in [5.74, 6) is -0.273. The number of nitrogens with one attached hydrogen (secondary N) is 2. The van der Waals surface area contributed by atoms with Gasteiger partial charge in [-0.15, -0.1) is 0 Å². The largest absolute Gasteiger partial charge is 0.494 e. The standard InChI is InChI=1S/C13H13ClFN3O2/c1-7(8-3-4-11(20-2)9(15)5-8)17-10-6-16-18-13(19)12(10)14/h3-7H,1-2H3,(H2,17,18,19)/t7-/m0/s1. The van der Waals surface area contributed by atoms with Crippen LogP contribution in [-0.2, 0) is 0 Å². The minimum Gasteiger partial charge on any atom is -0.494 e. The number of H-pyrrole nitrogens is 1. The summed E-state index contributed by atoms with van der Waals surface area (Å²) in [6, 6.07) is 4.39. The molecule has 1 heterocycles. The van der Waals surface area contributed by atoms with E-state index < -0.39 is 11.4 Å². The molecule has 0 saturated heterocycles. The summed E-state index contributed by atoms with van der Waals surface area (Å²) < 4.78 is 18.5. The maximum Gasteiger partial charge on any atom is 0.285 e. The third kappa shape index (κ3) is 2.91. The topological polar surface area (TPSA) is 67.0 Å². The van der Waals surface area contributed by atoms with Crippen LogP contribution in [-0.4, -0.2) is 17.3 Å². The molecule has 2 N–H and O–H groups in total. The SMILES string of the molecule is COc1ccc([C@H](C)Nc2cn[nH]c(=O)c2Cl)cc1F. The van der Waals surface area contributed by atoms with Gasteiger partial charge in [0, 0.05) is 6.04 Å². The first-order chi connectivity index (χ1) is 9.52. The van der Waals surface area contributed by atoms with Crippen molar-refractivity contribution in [2.75, 3.05) is 12.4 Å². The van der Waals surface area contributed by atoms with Crippen molar-refractivity contribution < 1.29 is 9.13 Å². The number of ether oxygens (including phenoxy) is 1. The number of anilines is 1. The molecule has 1 aromatic carbocycles. The molecule has 0 saturated carbocycles. The normalized spacial score (nSPS) is 12.0. The predicted octanol–water partition coefficient (Wildman–Crippen LogP) is 2.74. The van der Waals surface area contributed by atoms with Gasteiger partial charge in [0.1, 0.15) is 5.02 Å². The van der Waals surface area contributed by atoms with E-state index in [0.29, 0.717) is 11.3 Å². The number of rotatable bonds is 4. The highest BCUT2D eigenvalue weighted by Crippen LogP contribution is 2.25. The first kappa shape index (κ1) is 14.3. The van der Waals surface area contributed by atoms with Crippen molar-refractivity contribution in [1.82, 2.24) is 10.2 Å². The second-order valence-electron chi connectivity index (χ2n) is 4.19. The number of hydrogen-bond acceptors (Lipinski definition) is 4. The molecule has 0 aliphatic heterocycles. The first-order valence-corrected chi connectivity index (χ1v) is 6.24. The van der Waals surface area contributed by atoms with Crippen LogP contribution >= 0.6 is 11.6 Å². The second-order valence-corrected chi connectivity index (χ2v) is 4.56. The lowest BCUT2D eigenvalue weighted by Crippen LogP contribution is -2.14. The minimum absolute atomic E-state index is 0.0147. The van der Waals surface area contributed by atoms with Gasteiger partial charge in [-0.25, -0.2) is 9.49 Å². The highest BCUT2D eigenvalue weighted by molar-refractivity contribution is 6.32. The molecule has 0 aliphatic carbocycles. The fraction of sp³-hybridized carbons (Fsp3) is 0.231. The zero-order valence-electron chi connectivity index (χ0n) is 10.9. The zero-order valence-corrected chi connectivity index (χ0v) is 11.7. The molecule has 0 spiro atoms. The van der Waals surface area contributed by atoms with Crippen molar-refractivity contribution in [2.45, 2.75) is 13.0 Å². The van der Waals surface area contributed by atoms with Crippen molar-refractivity contribution >= 4 is 17.3 Å². The summed E-state index contributed by atoms with van der Waals surface area (Å²) >= 11 is 5.86. The molecule has 2 aromatic rings. The Morgan fingerprint density at radius 1 is 1.50 bits per heavy atom. The molecule has 1 atom stereocenters. The Bertz CT molecular complexity index is 675. The Hall–Kier alpha value is -2.08. The minimum atomic E-state index is -0.482. The molecule has 0 amide bonds. The van der Waals surface area contributed by atoms with Crippen molar-refractivity contribution in [2.24, 2.45) is 0 Å². The van der Waals surface area contributed by atoms with Gasteiger partial charge in [0.15, 0.2) is 11.6 Å². The molecular weight excluding hydrogens is 285 g/mol. The molecule has 0 aliphatic rings. The zero-order chi connectivity index (χ0) is 14.7. The van der Waals surface area contributed by atoms with Crippen LogP contribution < -0.4 is 15.6 Å². The van der Waals surface area contributed by atoms with Crippen LogP contribution in [0.4, 0.5) is 10.1 Å². The maximum absolute atomic E-state index is 13.6. The van der Waals surface area contributed by atoms with Crippen molar-refractivity contribution in [3.63, 3.8) is 0 Å². The lowest BCUT2D eigenvalue weighted by atomic mass is 10.1. The van der Waals surface area contributed by atoms with E-state index in [9.17, 15) is 9.18 Å². The Morgan fingerprint density at radius 3 is 2.90 bits per heavy atom. The van der Waals surface area contributed by atoms with Gasteiger partial charge in [0.25, 0.3) is 5.56 Å². The molecular formula is C13H13ClFN3O2. The molecule has 106 valence electrons. The fourth-order valence-electron chi connectivity index (χ4n) is 1.75. The molecule has 5 nitrogen and oxygen atoms in total. The lowest BCUT2D eigenvalue weighted by molar-refractivity contribution is 0.386. The Morgan fingerprint density at radius 2 is 2.25 bits per heavy atom. The van der Waals surface area contributed by atoms with E-state index in [2.05, 4.69) is 15.5 Å². The Kier molecular flexibility index (Phi) is 4.24. The summed E-state index contributed by atoms with van der Waals surface area (Å²) in [6.45, 7) is 1.82. The maximum atomic E-state index is 13.6. The molecule has 0 fully saturated rings. The molecule has 0 unspecified atom stereocenters. The third-order valence-electron chi connectivity index (χ3n) is 2.84.